The van der Waals surface area contributed by atoms with Crippen LogP contribution in [0.25, 0.3) is 10.8 Å². The predicted octanol–water partition coefficient (Wildman–Crippen LogP) is 2.56. The molecule has 0 aliphatic rings. The zero-order chi connectivity index (χ0) is 15.4. The molecule has 0 unspecified atom stereocenters. The molecule has 0 bridgehead atoms. The highest BCUT2D eigenvalue weighted by atomic mass is 16.4. The molecule has 2 amide bonds. The van der Waals surface area contributed by atoms with Crippen molar-refractivity contribution in [3.8, 4) is 0 Å². The van der Waals surface area contributed by atoms with Gasteiger partial charge in [-0.15, -0.1) is 0 Å². The van der Waals surface area contributed by atoms with E-state index in [-0.39, 0.29) is 12.6 Å². The molecule has 0 aliphatic carbocycles. The number of pyridine rings is 1. The molecule has 110 valence electrons. The second kappa shape index (κ2) is 6.21. The van der Waals surface area contributed by atoms with Gasteiger partial charge in [0.2, 0.25) is 0 Å². The van der Waals surface area contributed by atoms with Crippen LogP contribution in [0.3, 0.4) is 0 Å². The normalized spacial score (nSPS) is 10.6. The molecule has 0 saturated heterocycles. The Labute approximate surface area is 122 Å². The van der Waals surface area contributed by atoms with Gasteiger partial charge >= 0.3 is 12.0 Å². The molecule has 1 heterocycles. The van der Waals surface area contributed by atoms with Crippen LogP contribution in [0.1, 0.15) is 13.8 Å². The number of carbonyl (C=O) groups excluding carboxylic acids is 1. The third-order valence-corrected chi connectivity index (χ3v) is 3.11. The number of hydrogen-bond acceptors (Lipinski definition) is 3. The van der Waals surface area contributed by atoms with Crippen LogP contribution in [0.15, 0.2) is 36.7 Å². The van der Waals surface area contributed by atoms with Gasteiger partial charge < -0.3 is 15.3 Å². The maximum Gasteiger partial charge on any atom is 0.323 e. The molecule has 0 spiro atoms. The molecule has 0 saturated carbocycles. The van der Waals surface area contributed by atoms with Gasteiger partial charge in [-0.3, -0.25) is 9.78 Å². The number of aliphatic carboxylic acids is 1. The Morgan fingerprint density at radius 2 is 2.10 bits per heavy atom. The highest BCUT2D eigenvalue weighted by molar-refractivity contribution is 6.01. The third kappa shape index (κ3) is 3.47. The quantitative estimate of drug-likeness (QED) is 0.905. The van der Waals surface area contributed by atoms with Gasteiger partial charge in [0, 0.05) is 29.2 Å². The molecule has 6 nitrogen and oxygen atoms in total. The Balaban J connectivity index is 2.26. The number of nitrogens with one attached hydrogen (secondary N) is 1. The van der Waals surface area contributed by atoms with Crippen molar-refractivity contribution in [2.75, 3.05) is 11.9 Å². The topological polar surface area (TPSA) is 82.5 Å². The Kier molecular flexibility index (Phi) is 4.37. The van der Waals surface area contributed by atoms with Crippen molar-refractivity contribution in [2.45, 2.75) is 19.9 Å². The van der Waals surface area contributed by atoms with Gasteiger partial charge in [-0.2, -0.15) is 0 Å². The summed E-state index contributed by atoms with van der Waals surface area (Å²) in [4.78, 5) is 28.4. The fourth-order valence-electron chi connectivity index (χ4n) is 2.05. The number of fused-ring (bicyclic) bond motifs is 1. The van der Waals surface area contributed by atoms with E-state index in [0.717, 1.165) is 10.8 Å². The summed E-state index contributed by atoms with van der Waals surface area (Å²) >= 11 is 0. The van der Waals surface area contributed by atoms with Gasteiger partial charge in [0.1, 0.15) is 6.54 Å². The maximum absolute atomic E-state index is 12.3. The highest BCUT2D eigenvalue weighted by Gasteiger charge is 2.20. The van der Waals surface area contributed by atoms with E-state index in [4.69, 9.17) is 5.11 Å². The number of anilines is 1. The number of amides is 2. The molecular formula is C15H17N3O3. The summed E-state index contributed by atoms with van der Waals surface area (Å²) in [6, 6.07) is 6.65. The first-order chi connectivity index (χ1) is 9.99. The lowest BCUT2D eigenvalue weighted by Crippen LogP contribution is -2.43. The van der Waals surface area contributed by atoms with Crippen molar-refractivity contribution in [3.63, 3.8) is 0 Å². The molecule has 0 aliphatic heterocycles. The highest BCUT2D eigenvalue weighted by Crippen LogP contribution is 2.22. The van der Waals surface area contributed by atoms with Crippen molar-refractivity contribution in [2.24, 2.45) is 0 Å². The van der Waals surface area contributed by atoms with Crippen LogP contribution >= 0.6 is 0 Å². The Hall–Kier alpha value is -2.63. The average Bonchev–Trinajstić information content (AvgIpc) is 2.44. The first kappa shape index (κ1) is 14.8. The number of rotatable bonds is 4. The van der Waals surface area contributed by atoms with Crippen LogP contribution in [0.2, 0.25) is 0 Å². The fourth-order valence-corrected chi connectivity index (χ4v) is 2.05. The monoisotopic (exact) mass is 287 g/mol. The number of hydrogen-bond donors (Lipinski definition) is 2. The summed E-state index contributed by atoms with van der Waals surface area (Å²) in [5.41, 5.74) is 0.635. The van der Waals surface area contributed by atoms with Crippen LogP contribution in [-0.4, -0.2) is 39.6 Å². The molecule has 1 aromatic carbocycles. The van der Waals surface area contributed by atoms with E-state index in [0.29, 0.717) is 5.69 Å². The zero-order valence-electron chi connectivity index (χ0n) is 11.9. The van der Waals surface area contributed by atoms with Crippen molar-refractivity contribution < 1.29 is 14.7 Å². The van der Waals surface area contributed by atoms with Gasteiger partial charge in [-0.05, 0) is 26.0 Å². The van der Waals surface area contributed by atoms with E-state index in [2.05, 4.69) is 10.3 Å². The van der Waals surface area contributed by atoms with E-state index in [1.54, 1.807) is 32.3 Å². The summed E-state index contributed by atoms with van der Waals surface area (Å²) in [5, 5.41) is 13.4. The van der Waals surface area contributed by atoms with Crippen molar-refractivity contribution in [1.29, 1.82) is 0 Å². The molecule has 0 atom stereocenters. The summed E-state index contributed by atoms with van der Waals surface area (Å²) in [6.45, 7) is 3.21. The Morgan fingerprint density at radius 1 is 1.33 bits per heavy atom. The number of nitrogens with zero attached hydrogens (tertiary/aromatic N) is 2. The lowest BCUT2D eigenvalue weighted by atomic mass is 10.1. The number of carboxylic acid groups (broad SMARTS) is 1. The molecule has 21 heavy (non-hydrogen) atoms. The first-order valence-corrected chi connectivity index (χ1v) is 6.61. The molecule has 6 heteroatoms. The molecule has 2 rings (SSSR count). The van der Waals surface area contributed by atoms with Crippen LogP contribution in [-0.2, 0) is 4.79 Å². The fraction of sp³-hybridized carbons (Fsp3) is 0.267. The first-order valence-electron chi connectivity index (χ1n) is 6.61. The largest absolute Gasteiger partial charge is 0.480 e. The minimum atomic E-state index is -1.04. The maximum atomic E-state index is 12.3. The van der Waals surface area contributed by atoms with Gasteiger partial charge in [0.15, 0.2) is 0 Å². The number of urea groups is 1. The summed E-state index contributed by atoms with van der Waals surface area (Å²) in [5.74, 6) is -1.04. The minimum absolute atomic E-state index is 0.210. The van der Waals surface area contributed by atoms with Crippen LogP contribution < -0.4 is 5.32 Å². The SMILES string of the molecule is CC(C)N(CC(=O)O)C(=O)Nc1cccc2cnccc12. The Morgan fingerprint density at radius 3 is 2.76 bits per heavy atom. The summed E-state index contributed by atoms with van der Waals surface area (Å²) < 4.78 is 0. The van der Waals surface area contributed by atoms with Crippen LogP contribution in [0.5, 0.6) is 0 Å². The Bertz CT molecular complexity index is 665. The summed E-state index contributed by atoms with van der Waals surface area (Å²) in [6.07, 6.45) is 3.36. The number of aromatic nitrogens is 1. The number of carbonyl (C=O) groups is 2. The molecule has 2 aromatic rings. The summed E-state index contributed by atoms with van der Waals surface area (Å²) in [7, 11) is 0. The zero-order valence-corrected chi connectivity index (χ0v) is 11.9. The molecular weight excluding hydrogens is 270 g/mol. The molecule has 0 fully saturated rings. The van der Waals surface area contributed by atoms with Gasteiger partial charge in [-0.1, -0.05) is 12.1 Å². The van der Waals surface area contributed by atoms with Crippen molar-refractivity contribution in [1.82, 2.24) is 9.88 Å². The smallest absolute Gasteiger partial charge is 0.323 e. The van der Waals surface area contributed by atoms with Gasteiger partial charge in [-0.25, -0.2) is 4.79 Å². The van der Waals surface area contributed by atoms with Crippen LogP contribution in [0.4, 0.5) is 10.5 Å². The van der Waals surface area contributed by atoms with E-state index >= 15 is 0 Å². The standard InChI is InChI=1S/C15H17N3O3/c1-10(2)18(9-14(19)20)15(21)17-13-5-3-4-11-8-16-7-6-12(11)13/h3-8,10H,9H2,1-2H3,(H,17,21)(H,19,20). The average molecular weight is 287 g/mol. The van der Waals surface area contributed by atoms with Crippen molar-refractivity contribution in [3.05, 3.63) is 36.7 Å². The van der Waals surface area contributed by atoms with E-state index < -0.39 is 12.0 Å². The lowest BCUT2D eigenvalue weighted by molar-refractivity contribution is -0.137. The van der Waals surface area contributed by atoms with Crippen molar-refractivity contribution >= 4 is 28.5 Å². The van der Waals surface area contributed by atoms with Gasteiger partial charge in [0.25, 0.3) is 0 Å². The molecule has 2 N–H and O–H groups in total. The predicted molar refractivity (Wildman–Crippen MR) is 80.2 cm³/mol. The lowest BCUT2D eigenvalue weighted by Gasteiger charge is -2.25. The number of benzene rings is 1. The molecule has 1 aromatic heterocycles. The second-order valence-corrected chi connectivity index (χ2v) is 4.95. The number of carboxylic acids is 1. The van der Waals surface area contributed by atoms with E-state index in [1.807, 2.05) is 18.2 Å². The molecule has 0 radical (unpaired) electrons. The minimum Gasteiger partial charge on any atom is -0.480 e. The third-order valence-electron chi connectivity index (χ3n) is 3.11. The van der Waals surface area contributed by atoms with Gasteiger partial charge in [0.05, 0.1) is 5.69 Å². The van der Waals surface area contributed by atoms with E-state index in [9.17, 15) is 9.59 Å². The van der Waals surface area contributed by atoms with Crippen LogP contribution in [0, 0.1) is 0 Å². The second-order valence-electron chi connectivity index (χ2n) is 4.95. The van der Waals surface area contributed by atoms with E-state index in [1.165, 1.54) is 4.90 Å².